The molecule has 134 valence electrons. The van der Waals surface area contributed by atoms with Crippen LogP contribution in [0.3, 0.4) is 0 Å². The quantitative estimate of drug-likeness (QED) is 0.770. The van der Waals surface area contributed by atoms with Crippen LogP contribution >= 0.6 is 0 Å². The third kappa shape index (κ3) is 3.85. The van der Waals surface area contributed by atoms with Gasteiger partial charge in [0.05, 0.1) is 5.54 Å². The second kappa shape index (κ2) is 6.88. The van der Waals surface area contributed by atoms with E-state index < -0.39 is 11.6 Å². The highest BCUT2D eigenvalue weighted by atomic mass is 16.2. The van der Waals surface area contributed by atoms with Crippen molar-refractivity contribution < 1.29 is 9.59 Å². The molecule has 0 bridgehead atoms. The van der Waals surface area contributed by atoms with Gasteiger partial charge >= 0.3 is 0 Å². The van der Waals surface area contributed by atoms with Crippen molar-refractivity contribution in [3.63, 3.8) is 0 Å². The van der Waals surface area contributed by atoms with Crippen molar-refractivity contribution in [2.24, 2.45) is 5.73 Å². The van der Waals surface area contributed by atoms with E-state index in [4.69, 9.17) is 5.73 Å². The van der Waals surface area contributed by atoms with Crippen LogP contribution in [0, 0.1) is 0 Å². The summed E-state index contributed by atoms with van der Waals surface area (Å²) in [7, 11) is 0. The molecule has 4 N–H and O–H groups in total. The maximum absolute atomic E-state index is 12.9. The standard InChI is InChI=1S/C19H26N4O2/c1-19(2,20)18(25)22-16(17(24)23-9-5-6-10-23)11-13-12-21-15-8-4-3-7-14(13)15/h3-4,7-8,12,16,21H,5-6,9-11,20H2,1-2H3,(H,22,25)/t16-/m1/s1. The van der Waals surface area contributed by atoms with Crippen molar-refractivity contribution in [1.82, 2.24) is 15.2 Å². The number of H-pyrrole nitrogens is 1. The Morgan fingerprint density at radius 1 is 1.28 bits per heavy atom. The smallest absolute Gasteiger partial charge is 0.245 e. The number of aromatic amines is 1. The van der Waals surface area contributed by atoms with Crippen LogP contribution in [0.15, 0.2) is 30.5 Å². The summed E-state index contributed by atoms with van der Waals surface area (Å²) in [5, 5.41) is 3.94. The Morgan fingerprint density at radius 3 is 2.64 bits per heavy atom. The van der Waals surface area contributed by atoms with Gasteiger partial charge in [0.2, 0.25) is 11.8 Å². The van der Waals surface area contributed by atoms with Crippen molar-refractivity contribution in [2.75, 3.05) is 13.1 Å². The van der Waals surface area contributed by atoms with E-state index in [0.717, 1.165) is 42.4 Å². The number of hydrogen-bond donors (Lipinski definition) is 3. The number of para-hydroxylation sites is 1. The number of hydrogen-bond acceptors (Lipinski definition) is 3. The van der Waals surface area contributed by atoms with Gasteiger partial charge in [0.25, 0.3) is 0 Å². The number of carbonyl (C=O) groups excluding carboxylic acids is 2. The number of aromatic nitrogens is 1. The Hall–Kier alpha value is -2.34. The Labute approximate surface area is 147 Å². The highest BCUT2D eigenvalue weighted by Crippen LogP contribution is 2.20. The lowest BCUT2D eigenvalue weighted by atomic mass is 10.0. The monoisotopic (exact) mass is 342 g/mol. The Balaban J connectivity index is 1.84. The van der Waals surface area contributed by atoms with Crippen LogP contribution in [0.25, 0.3) is 10.9 Å². The molecule has 1 atom stereocenters. The van der Waals surface area contributed by atoms with Gasteiger partial charge in [-0.15, -0.1) is 0 Å². The summed E-state index contributed by atoms with van der Waals surface area (Å²) in [6, 6.07) is 7.35. The van der Waals surface area contributed by atoms with E-state index in [1.54, 1.807) is 13.8 Å². The van der Waals surface area contributed by atoms with E-state index in [2.05, 4.69) is 10.3 Å². The number of nitrogens with zero attached hydrogens (tertiary/aromatic N) is 1. The van der Waals surface area contributed by atoms with E-state index in [9.17, 15) is 9.59 Å². The van der Waals surface area contributed by atoms with Crippen LogP contribution in [-0.2, 0) is 16.0 Å². The average Bonchev–Trinajstić information content (AvgIpc) is 3.23. The molecule has 1 fully saturated rings. The molecule has 6 heteroatoms. The number of rotatable bonds is 5. The molecule has 2 heterocycles. The van der Waals surface area contributed by atoms with Crippen molar-refractivity contribution in [1.29, 1.82) is 0 Å². The molecule has 6 nitrogen and oxygen atoms in total. The summed E-state index contributed by atoms with van der Waals surface area (Å²) in [4.78, 5) is 30.4. The van der Waals surface area contributed by atoms with Crippen LogP contribution in [0.2, 0.25) is 0 Å². The van der Waals surface area contributed by atoms with Crippen molar-refractivity contribution >= 4 is 22.7 Å². The van der Waals surface area contributed by atoms with Gasteiger partial charge in [-0.1, -0.05) is 18.2 Å². The highest BCUT2D eigenvalue weighted by molar-refractivity contribution is 5.92. The maximum atomic E-state index is 12.9. The number of nitrogens with two attached hydrogens (primary N) is 1. The van der Waals surface area contributed by atoms with Crippen LogP contribution in [0.1, 0.15) is 32.3 Å². The van der Waals surface area contributed by atoms with E-state index in [1.807, 2.05) is 35.4 Å². The van der Waals surface area contributed by atoms with Crippen molar-refractivity contribution in [3.8, 4) is 0 Å². The summed E-state index contributed by atoms with van der Waals surface area (Å²) in [5.41, 5.74) is 6.92. The number of fused-ring (bicyclic) bond motifs is 1. The summed E-state index contributed by atoms with van der Waals surface area (Å²) in [5.74, 6) is -0.342. The molecule has 1 aliphatic rings. The van der Waals surface area contributed by atoms with Crippen LogP contribution in [0.4, 0.5) is 0 Å². The normalized spacial score (nSPS) is 16.2. The van der Waals surface area contributed by atoms with Gasteiger partial charge in [-0.25, -0.2) is 0 Å². The fourth-order valence-electron chi connectivity index (χ4n) is 3.22. The molecular formula is C19H26N4O2. The second-order valence-corrected chi connectivity index (χ2v) is 7.34. The SMILES string of the molecule is CC(C)(N)C(=O)N[C@H](Cc1c[nH]c2ccccc12)C(=O)N1CCCC1. The molecule has 0 unspecified atom stereocenters. The molecule has 1 aromatic heterocycles. The summed E-state index contributed by atoms with van der Waals surface area (Å²) in [6.45, 7) is 4.80. The fraction of sp³-hybridized carbons (Fsp3) is 0.474. The predicted molar refractivity (Wildman–Crippen MR) is 98.0 cm³/mol. The largest absolute Gasteiger partial charge is 0.361 e. The molecule has 0 saturated carbocycles. The Kier molecular flexibility index (Phi) is 4.81. The molecular weight excluding hydrogens is 316 g/mol. The molecule has 2 amide bonds. The first kappa shape index (κ1) is 17.5. The first-order chi connectivity index (χ1) is 11.9. The van der Waals surface area contributed by atoms with Gasteiger partial charge in [-0.05, 0) is 38.3 Å². The molecule has 1 aromatic carbocycles. The third-order valence-corrected chi connectivity index (χ3v) is 4.71. The van der Waals surface area contributed by atoms with Gasteiger partial charge in [0.1, 0.15) is 6.04 Å². The lowest BCUT2D eigenvalue weighted by Gasteiger charge is -2.27. The average molecular weight is 342 g/mol. The Morgan fingerprint density at radius 2 is 1.96 bits per heavy atom. The van der Waals surface area contributed by atoms with Crippen LogP contribution in [0.5, 0.6) is 0 Å². The van der Waals surface area contributed by atoms with E-state index in [1.165, 1.54) is 0 Å². The van der Waals surface area contributed by atoms with E-state index in [-0.39, 0.29) is 11.8 Å². The Bertz CT molecular complexity index is 769. The molecule has 25 heavy (non-hydrogen) atoms. The van der Waals surface area contributed by atoms with Gasteiger partial charge in [0.15, 0.2) is 0 Å². The van der Waals surface area contributed by atoms with Crippen molar-refractivity contribution in [2.45, 2.75) is 44.7 Å². The molecule has 0 aliphatic carbocycles. The number of benzene rings is 1. The zero-order chi connectivity index (χ0) is 18.0. The first-order valence-electron chi connectivity index (χ1n) is 8.80. The zero-order valence-electron chi connectivity index (χ0n) is 14.8. The summed E-state index contributed by atoms with van der Waals surface area (Å²) >= 11 is 0. The lowest BCUT2D eigenvalue weighted by Crippen LogP contribution is -2.56. The third-order valence-electron chi connectivity index (χ3n) is 4.71. The lowest BCUT2D eigenvalue weighted by molar-refractivity contribution is -0.136. The predicted octanol–water partition coefficient (Wildman–Crippen LogP) is 1.55. The number of carbonyl (C=O) groups is 2. The van der Waals surface area contributed by atoms with Gasteiger partial charge in [-0.3, -0.25) is 9.59 Å². The minimum atomic E-state index is -1.02. The maximum Gasteiger partial charge on any atom is 0.245 e. The molecule has 3 rings (SSSR count). The molecule has 2 aromatic rings. The summed E-state index contributed by atoms with van der Waals surface area (Å²) in [6.07, 6.45) is 4.39. The molecule has 1 aliphatic heterocycles. The van der Waals surface area contributed by atoms with Crippen LogP contribution in [-0.4, -0.2) is 46.4 Å². The second-order valence-electron chi connectivity index (χ2n) is 7.34. The van der Waals surface area contributed by atoms with Crippen LogP contribution < -0.4 is 11.1 Å². The minimum Gasteiger partial charge on any atom is -0.361 e. The van der Waals surface area contributed by atoms with Gasteiger partial charge in [0, 0.05) is 36.6 Å². The topological polar surface area (TPSA) is 91.2 Å². The molecule has 0 spiro atoms. The number of likely N-dealkylation sites (tertiary alicyclic amines) is 1. The summed E-state index contributed by atoms with van der Waals surface area (Å²) < 4.78 is 0. The number of nitrogens with one attached hydrogen (secondary N) is 2. The fourth-order valence-corrected chi connectivity index (χ4v) is 3.22. The van der Waals surface area contributed by atoms with Gasteiger partial charge < -0.3 is 20.9 Å². The van der Waals surface area contributed by atoms with Gasteiger partial charge in [-0.2, -0.15) is 0 Å². The number of amides is 2. The minimum absolute atomic E-state index is 0.0274. The molecule has 1 saturated heterocycles. The van der Waals surface area contributed by atoms with Crippen molar-refractivity contribution in [3.05, 3.63) is 36.0 Å². The molecule has 0 radical (unpaired) electrons. The first-order valence-corrected chi connectivity index (χ1v) is 8.80. The zero-order valence-corrected chi connectivity index (χ0v) is 14.8. The highest BCUT2D eigenvalue weighted by Gasteiger charge is 2.32. The van der Waals surface area contributed by atoms with E-state index >= 15 is 0 Å². The van der Waals surface area contributed by atoms with E-state index in [0.29, 0.717) is 6.42 Å².